The lowest BCUT2D eigenvalue weighted by Gasteiger charge is -2.01. The predicted molar refractivity (Wildman–Crippen MR) is 136 cm³/mol. The monoisotopic (exact) mass is 477 g/mol. The highest BCUT2D eigenvalue weighted by molar-refractivity contribution is 7.15. The van der Waals surface area contributed by atoms with Crippen LogP contribution < -0.4 is 14.8 Å². The maximum Gasteiger partial charge on any atom is 0.291 e. The Labute approximate surface area is 204 Å². The van der Waals surface area contributed by atoms with Gasteiger partial charge in [-0.15, -0.1) is 5.10 Å². The van der Waals surface area contributed by atoms with Crippen molar-refractivity contribution in [2.24, 2.45) is 0 Å². The lowest BCUT2D eigenvalue weighted by atomic mass is 10.1. The Hall–Kier alpha value is -4.56. The zero-order valence-electron chi connectivity index (χ0n) is 18.5. The van der Waals surface area contributed by atoms with E-state index < -0.39 is 0 Å². The van der Waals surface area contributed by atoms with E-state index in [9.17, 15) is 4.79 Å². The number of para-hydroxylation sites is 2. The van der Waals surface area contributed by atoms with Crippen molar-refractivity contribution in [3.63, 3.8) is 0 Å². The Morgan fingerprint density at radius 2 is 1.54 bits per heavy atom. The maximum atomic E-state index is 13.1. The number of hydrogen-bond acceptors (Lipinski definition) is 6. The minimum atomic E-state index is -0.213. The molecule has 0 aliphatic heterocycles. The molecule has 3 heterocycles. The Balaban J connectivity index is 1.38. The van der Waals surface area contributed by atoms with Crippen LogP contribution in [0.3, 0.4) is 0 Å². The molecule has 0 bridgehead atoms. The summed E-state index contributed by atoms with van der Waals surface area (Å²) in [6, 6.07) is 29.3. The van der Waals surface area contributed by atoms with Gasteiger partial charge >= 0.3 is 0 Å². The second-order valence-corrected chi connectivity index (χ2v) is 8.83. The fourth-order valence-electron chi connectivity index (χ4n) is 3.77. The standard InChI is InChI=1S/C27H19N5O2S/c33-26-23(35-27-28-24(29-32(26)27)18-34-22-14-8-3-9-15-22)16-20-17-31(21-12-6-2-7-13-21)30-25(20)19-10-4-1-5-11-19/h1-17H,18H2. The molecule has 0 aliphatic carbocycles. The van der Waals surface area contributed by atoms with Gasteiger partial charge in [0.15, 0.2) is 5.82 Å². The van der Waals surface area contributed by atoms with Gasteiger partial charge in [-0.25, -0.2) is 4.68 Å². The van der Waals surface area contributed by atoms with Crippen molar-refractivity contribution in [3.8, 4) is 22.7 Å². The second-order valence-electron chi connectivity index (χ2n) is 7.82. The van der Waals surface area contributed by atoms with Crippen LogP contribution in [0.4, 0.5) is 0 Å². The molecule has 6 aromatic rings. The minimum absolute atomic E-state index is 0.193. The molecule has 0 unspecified atom stereocenters. The molecule has 0 spiro atoms. The number of ether oxygens (including phenoxy) is 1. The lowest BCUT2D eigenvalue weighted by molar-refractivity contribution is 0.296. The van der Waals surface area contributed by atoms with Crippen LogP contribution in [0.1, 0.15) is 11.4 Å². The van der Waals surface area contributed by atoms with E-state index in [-0.39, 0.29) is 12.2 Å². The topological polar surface area (TPSA) is 74.3 Å². The molecule has 3 aromatic carbocycles. The van der Waals surface area contributed by atoms with Crippen LogP contribution in [-0.4, -0.2) is 24.4 Å². The quantitative estimate of drug-likeness (QED) is 0.361. The first-order chi connectivity index (χ1) is 17.2. The zero-order chi connectivity index (χ0) is 23.6. The van der Waals surface area contributed by atoms with Crippen LogP contribution in [-0.2, 0) is 6.61 Å². The van der Waals surface area contributed by atoms with Crippen molar-refractivity contribution in [3.05, 3.63) is 123 Å². The van der Waals surface area contributed by atoms with Gasteiger partial charge in [-0.3, -0.25) is 4.79 Å². The lowest BCUT2D eigenvalue weighted by Crippen LogP contribution is -2.24. The summed E-state index contributed by atoms with van der Waals surface area (Å²) in [5.41, 5.74) is 3.34. The summed E-state index contributed by atoms with van der Waals surface area (Å²) in [4.78, 5) is 18.1. The van der Waals surface area contributed by atoms with Gasteiger partial charge < -0.3 is 4.74 Å². The Kier molecular flexibility index (Phi) is 5.40. The third-order valence-corrected chi connectivity index (χ3v) is 6.39. The van der Waals surface area contributed by atoms with Gasteiger partial charge in [-0.05, 0) is 30.3 Å². The molecule has 0 amide bonds. The molecule has 6 rings (SSSR count). The number of thiazole rings is 1. The van der Waals surface area contributed by atoms with Crippen LogP contribution >= 0.6 is 11.3 Å². The van der Waals surface area contributed by atoms with Gasteiger partial charge in [0.25, 0.3) is 5.56 Å². The van der Waals surface area contributed by atoms with Crippen molar-refractivity contribution in [2.75, 3.05) is 0 Å². The molecule has 35 heavy (non-hydrogen) atoms. The molecule has 0 fully saturated rings. The van der Waals surface area contributed by atoms with E-state index in [0.717, 1.165) is 28.3 Å². The van der Waals surface area contributed by atoms with E-state index in [1.54, 1.807) is 0 Å². The third-order valence-electron chi connectivity index (χ3n) is 5.43. The van der Waals surface area contributed by atoms with Gasteiger partial charge in [0.05, 0.1) is 15.9 Å². The third kappa shape index (κ3) is 4.22. The zero-order valence-corrected chi connectivity index (χ0v) is 19.3. The molecular weight excluding hydrogens is 458 g/mol. The van der Waals surface area contributed by atoms with E-state index in [2.05, 4.69) is 10.1 Å². The highest BCUT2D eigenvalue weighted by atomic mass is 32.1. The molecular formula is C27H19N5O2S. The SMILES string of the molecule is O=c1c(=Cc2cn(-c3ccccc3)nc2-c2ccccc2)sc2nc(COc3ccccc3)nn12. The van der Waals surface area contributed by atoms with Crippen LogP contribution in [0.2, 0.25) is 0 Å². The molecule has 170 valence electrons. The summed E-state index contributed by atoms with van der Waals surface area (Å²) in [6.45, 7) is 0.193. The first kappa shape index (κ1) is 21.0. The number of fused-ring (bicyclic) bond motifs is 1. The smallest absolute Gasteiger partial charge is 0.291 e. The fraction of sp³-hybridized carbons (Fsp3) is 0.0370. The van der Waals surface area contributed by atoms with Gasteiger partial charge in [0.2, 0.25) is 4.96 Å². The fourth-order valence-corrected chi connectivity index (χ4v) is 4.69. The van der Waals surface area contributed by atoms with Gasteiger partial charge in [-0.2, -0.15) is 14.6 Å². The molecule has 0 saturated carbocycles. The Bertz CT molecular complexity index is 1710. The molecule has 3 aromatic heterocycles. The Morgan fingerprint density at radius 1 is 0.857 bits per heavy atom. The molecule has 8 heteroatoms. The molecule has 0 saturated heterocycles. The van der Waals surface area contributed by atoms with E-state index in [1.165, 1.54) is 15.9 Å². The highest BCUT2D eigenvalue weighted by Crippen LogP contribution is 2.24. The van der Waals surface area contributed by atoms with Crippen molar-refractivity contribution < 1.29 is 4.74 Å². The van der Waals surface area contributed by atoms with Crippen molar-refractivity contribution in [2.45, 2.75) is 6.61 Å². The van der Waals surface area contributed by atoms with Crippen LogP contribution in [0, 0.1) is 0 Å². The van der Waals surface area contributed by atoms with Crippen LogP contribution in [0.15, 0.2) is 102 Å². The number of nitrogens with zero attached hydrogens (tertiary/aromatic N) is 5. The maximum absolute atomic E-state index is 13.1. The van der Waals surface area contributed by atoms with Crippen molar-refractivity contribution in [1.82, 2.24) is 24.4 Å². The summed E-state index contributed by atoms with van der Waals surface area (Å²) in [7, 11) is 0. The predicted octanol–water partition coefficient (Wildman–Crippen LogP) is 4.13. The summed E-state index contributed by atoms with van der Waals surface area (Å²) >= 11 is 1.30. The summed E-state index contributed by atoms with van der Waals surface area (Å²) in [5, 5.41) is 9.18. The Morgan fingerprint density at radius 3 is 2.26 bits per heavy atom. The van der Waals surface area contributed by atoms with Gasteiger partial charge in [0, 0.05) is 17.3 Å². The first-order valence-corrected chi connectivity index (χ1v) is 11.8. The molecule has 0 aliphatic rings. The van der Waals surface area contributed by atoms with E-state index in [1.807, 2.05) is 108 Å². The van der Waals surface area contributed by atoms with E-state index >= 15 is 0 Å². The summed E-state index contributed by atoms with van der Waals surface area (Å²) in [5.74, 6) is 1.19. The van der Waals surface area contributed by atoms with Gasteiger partial charge in [0.1, 0.15) is 12.4 Å². The normalized spacial score (nSPS) is 11.8. The number of benzene rings is 3. The molecule has 7 nitrogen and oxygen atoms in total. The summed E-state index contributed by atoms with van der Waals surface area (Å²) in [6.07, 6.45) is 3.80. The number of aromatic nitrogens is 5. The van der Waals surface area contributed by atoms with Crippen molar-refractivity contribution >= 4 is 22.4 Å². The molecule has 0 atom stereocenters. The van der Waals surface area contributed by atoms with Gasteiger partial charge in [-0.1, -0.05) is 78.1 Å². The average molecular weight is 478 g/mol. The number of hydrogen-bond donors (Lipinski definition) is 0. The first-order valence-electron chi connectivity index (χ1n) is 11.0. The molecule has 0 N–H and O–H groups in total. The largest absolute Gasteiger partial charge is 0.486 e. The minimum Gasteiger partial charge on any atom is -0.486 e. The van der Waals surface area contributed by atoms with E-state index in [4.69, 9.17) is 9.84 Å². The van der Waals surface area contributed by atoms with E-state index in [0.29, 0.717) is 15.3 Å². The summed E-state index contributed by atoms with van der Waals surface area (Å²) < 4.78 is 9.42. The second kappa shape index (κ2) is 9.00. The molecule has 0 radical (unpaired) electrons. The van der Waals surface area contributed by atoms with Crippen LogP contribution in [0.25, 0.3) is 28.0 Å². The average Bonchev–Trinajstić information content (AvgIpc) is 3.59. The number of rotatable bonds is 6. The highest BCUT2D eigenvalue weighted by Gasteiger charge is 2.14. The van der Waals surface area contributed by atoms with Crippen LogP contribution in [0.5, 0.6) is 5.75 Å². The van der Waals surface area contributed by atoms with Crippen molar-refractivity contribution in [1.29, 1.82) is 0 Å².